The molecule has 0 saturated heterocycles. The van der Waals surface area contributed by atoms with Crippen LogP contribution in [0.2, 0.25) is 0 Å². The first-order chi connectivity index (χ1) is 12.2. The van der Waals surface area contributed by atoms with E-state index in [1.165, 1.54) is 11.1 Å². The van der Waals surface area contributed by atoms with Gasteiger partial charge in [-0.2, -0.15) is 5.10 Å². The maximum absolute atomic E-state index is 12.6. The van der Waals surface area contributed by atoms with Gasteiger partial charge in [0.15, 0.2) is 5.78 Å². The maximum Gasteiger partial charge on any atom is 0.166 e. The average Bonchev–Trinajstić information content (AvgIpc) is 3.07. The van der Waals surface area contributed by atoms with Crippen LogP contribution >= 0.6 is 0 Å². The first-order valence-electron chi connectivity index (χ1n) is 8.47. The van der Waals surface area contributed by atoms with E-state index in [2.05, 4.69) is 36.3 Å². The second-order valence-electron chi connectivity index (χ2n) is 6.55. The van der Waals surface area contributed by atoms with Gasteiger partial charge in [-0.05, 0) is 49.1 Å². The monoisotopic (exact) mass is 332 g/mol. The zero-order chi connectivity index (χ0) is 17.4. The van der Waals surface area contributed by atoms with E-state index in [9.17, 15) is 4.79 Å². The Hall–Kier alpha value is -2.88. The van der Waals surface area contributed by atoms with Crippen molar-refractivity contribution in [1.82, 2.24) is 9.78 Å². The molecule has 1 atom stereocenters. The maximum atomic E-state index is 12.6. The lowest BCUT2D eigenvalue weighted by Gasteiger charge is -2.23. The number of ether oxygens (including phenoxy) is 1. The van der Waals surface area contributed by atoms with E-state index in [4.69, 9.17) is 4.74 Å². The van der Waals surface area contributed by atoms with E-state index in [1.54, 1.807) is 13.3 Å². The first-order valence-corrected chi connectivity index (χ1v) is 8.47. The number of hydrogen-bond acceptors (Lipinski definition) is 3. The third-order valence-corrected chi connectivity index (χ3v) is 4.91. The zero-order valence-electron chi connectivity index (χ0n) is 14.4. The second-order valence-corrected chi connectivity index (χ2v) is 6.55. The summed E-state index contributed by atoms with van der Waals surface area (Å²) in [6.07, 6.45) is 3.06. The molecule has 126 valence electrons. The number of aryl methyl sites for hydroxylation is 1. The van der Waals surface area contributed by atoms with Crippen molar-refractivity contribution >= 4 is 5.78 Å². The number of hydrogen-bond donors (Lipinski definition) is 0. The highest BCUT2D eigenvalue weighted by molar-refractivity contribution is 5.98. The molecule has 4 heteroatoms. The number of methoxy groups -OCH3 is 1. The molecule has 1 unspecified atom stereocenters. The summed E-state index contributed by atoms with van der Waals surface area (Å²) < 4.78 is 7.10. The van der Waals surface area contributed by atoms with Gasteiger partial charge in [0.25, 0.3) is 0 Å². The molecule has 4 rings (SSSR count). The van der Waals surface area contributed by atoms with Crippen molar-refractivity contribution in [2.45, 2.75) is 25.7 Å². The molecule has 0 fully saturated rings. The quantitative estimate of drug-likeness (QED) is 0.725. The van der Waals surface area contributed by atoms with Crippen molar-refractivity contribution in [3.63, 3.8) is 0 Å². The lowest BCUT2D eigenvalue weighted by atomic mass is 9.82. The SMILES string of the molecule is COc1ccc(-n2ncc3c2CC(c2ccc(C)cc2)CC3=O)cc1. The van der Waals surface area contributed by atoms with Crippen molar-refractivity contribution < 1.29 is 9.53 Å². The Kier molecular flexibility index (Phi) is 3.88. The van der Waals surface area contributed by atoms with Crippen LogP contribution in [-0.4, -0.2) is 22.7 Å². The Morgan fingerprint density at radius 3 is 2.44 bits per heavy atom. The van der Waals surface area contributed by atoms with Crippen molar-refractivity contribution in [2.24, 2.45) is 0 Å². The minimum Gasteiger partial charge on any atom is -0.497 e. The number of Topliss-reactive ketones (excluding diaryl/α,β-unsaturated/α-hetero) is 1. The summed E-state index contributed by atoms with van der Waals surface area (Å²) in [5.74, 6) is 1.18. The predicted molar refractivity (Wildman–Crippen MR) is 96.7 cm³/mol. The van der Waals surface area contributed by atoms with Crippen LogP contribution in [0, 0.1) is 6.92 Å². The molecule has 0 aliphatic heterocycles. The highest BCUT2D eigenvalue weighted by Crippen LogP contribution is 2.34. The van der Waals surface area contributed by atoms with Crippen LogP contribution in [0.15, 0.2) is 54.7 Å². The van der Waals surface area contributed by atoms with Gasteiger partial charge in [-0.3, -0.25) is 4.79 Å². The molecule has 4 nitrogen and oxygen atoms in total. The number of aromatic nitrogens is 2. The van der Waals surface area contributed by atoms with Gasteiger partial charge >= 0.3 is 0 Å². The topological polar surface area (TPSA) is 44.1 Å². The molecule has 1 aromatic heterocycles. The second kappa shape index (κ2) is 6.20. The van der Waals surface area contributed by atoms with Crippen LogP contribution in [0.1, 0.15) is 39.5 Å². The van der Waals surface area contributed by atoms with Crippen LogP contribution in [0.25, 0.3) is 5.69 Å². The molecule has 0 bridgehead atoms. The van der Waals surface area contributed by atoms with Gasteiger partial charge in [0.2, 0.25) is 0 Å². The van der Waals surface area contributed by atoms with Gasteiger partial charge < -0.3 is 4.74 Å². The number of nitrogens with zero attached hydrogens (tertiary/aromatic N) is 2. The number of benzene rings is 2. The number of carbonyl (C=O) groups is 1. The van der Waals surface area contributed by atoms with E-state index in [-0.39, 0.29) is 11.7 Å². The fraction of sp³-hybridized carbons (Fsp3) is 0.238. The van der Waals surface area contributed by atoms with Crippen LogP contribution < -0.4 is 4.74 Å². The molecule has 0 amide bonds. The third kappa shape index (κ3) is 2.84. The molecule has 0 saturated carbocycles. The molecule has 2 aromatic carbocycles. The van der Waals surface area contributed by atoms with E-state index >= 15 is 0 Å². The van der Waals surface area contributed by atoms with Crippen molar-refractivity contribution in [3.8, 4) is 11.4 Å². The van der Waals surface area contributed by atoms with E-state index < -0.39 is 0 Å². The van der Waals surface area contributed by atoms with Gasteiger partial charge in [0, 0.05) is 6.42 Å². The molecule has 3 aromatic rings. The molecule has 0 N–H and O–H groups in total. The average molecular weight is 332 g/mol. The number of rotatable bonds is 3. The van der Waals surface area contributed by atoms with Crippen molar-refractivity contribution in [2.75, 3.05) is 7.11 Å². The third-order valence-electron chi connectivity index (χ3n) is 4.91. The molecule has 0 radical (unpaired) electrons. The van der Waals surface area contributed by atoms with Crippen LogP contribution in [0.3, 0.4) is 0 Å². The molecule has 1 heterocycles. The Morgan fingerprint density at radius 2 is 1.76 bits per heavy atom. The first kappa shape index (κ1) is 15.6. The minimum absolute atomic E-state index is 0.173. The number of fused-ring (bicyclic) bond motifs is 1. The molecule has 25 heavy (non-hydrogen) atoms. The summed E-state index contributed by atoms with van der Waals surface area (Å²) in [6.45, 7) is 2.08. The lowest BCUT2D eigenvalue weighted by molar-refractivity contribution is 0.0963. The van der Waals surface area contributed by atoms with Gasteiger partial charge in [-0.25, -0.2) is 4.68 Å². The fourth-order valence-electron chi connectivity index (χ4n) is 3.46. The Bertz CT molecular complexity index is 908. The summed E-state index contributed by atoms with van der Waals surface area (Å²) >= 11 is 0. The molecular formula is C21H20N2O2. The normalized spacial score (nSPS) is 16.6. The number of ketones is 1. The molecule has 0 spiro atoms. The van der Waals surface area contributed by atoms with Crippen LogP contribution in [-0.2, 0) is 6.42 Å². The summed E-state index contributed by atoms with van der Waals surface area (Å²) in [5.41, 5.74) is 5.13. The van der Waals surface area contributed by atoms with E-state index in [0.717, 1.165) is 29.1 Å². The van der Waals surface area contributed by atoms with E-state index in [1.807, 2.05) is 28.9 Å². The largest absolute Gasteiger partial charge is 0.497 e. The van der Waals surface area contributed by atoms with Crippen LogP contribution in [0.5, 0.6) is 5.75 Å². The Balaban J connectivity index is 1.70. The van der Waals surface area contributed by atoms with Gasteiger partial charge in [0.05, 0.1) is 30.3 Å². The van der Waals surface area contributed by atoms with Crippen molar-refractivity contribution in [1.29, 1.82) is 0 Å². The summed E-state index contributed by atoms with van der Waals surface area (Å²) in [7, 11) is 1.65. The Labute approximate surface area is 147 Å². The number of carbonyl (C=O) groups excluding carboxylic acids is 1. The highest BCUT2D eigenvalue weighted by atomic mass is 16.5. The zero-order valence-corrected chi connectivity index (χ0v) is 14.4. The molecule has 1 aliphatic carbocycles. The molecule has 1 aliphatic rings. The summed E-state index contributed by atoms with van der Waals surface area (Å²) in [5, 5.41) is 4.47. The Morgan fingerprint density at radius 1 is 1.04 bits per heavy atom. The standard InChI is InChI=1S/C21H20N2O2/c1-14-3-5-15(6-4-14)16-11-20-19(21(24)12-16)13-22-23(20)17-7-9-18(25-2)10-8-17/h3-10,13,16H,11-12H2,1-2H3. The van der Waals surface area contributed by atoms with Gasteiger partial charge in [-0.15, -0.1) is 0 Å². The summed E-state index contributed by atoms with van der Waals surface area (Å²) in [4.78, 5) is 12.6. The minimum atomic E-state index is 0.173. The smallest absolute Gasteiger partial charge is 0.166 e. The molecular weight excluding hydrogens is 312 g/mol. The fourth-order valence-corrected chi connectivity index (χ4v) is 3.46. The van der Waals surface area contributed by atoms with Gasteiger partial charge in [-0.1, -0.05) is 29.8 Å². The predicted octanol–water partition coefficient (Wildman–Crippen LogP) is 4.10. The van der Waals surface area contributed by atoms with E-state index in [0.29, 0.717) is 6.42 Å². The van der Waals surface area contributed by atoms with Crippen molar-refractivity contribution in [3.05, 3.63) is 77.1 Å². The summed E-state index contributed by atoms with van der Waals surface area (Å²) in [6, 6.07) is 16.2. The van der Waals surface area contributed by atoms with Crippen LogP contribution in [0.4, 0.5) is 0 Å². The lowest BCUT2D eigenvalue weighted by Crippen LogP contribution is -2.20. The highest BCUT2D eigenvalue weighted by Gasteiger charge is 2.30. The van der Waals surface area contributed by atoms with Gasteiger partial charge in [0.1, 0.15) is 5.75 Å².